The van der Waals surface area contributed by atoms with Crippen molar-refractivity contribution >= 4 is 57.9 Å². The van der Waals surface area contributed by atoms with Crippen LogP contribution in [0.4, 0.5) is 0 Å². The Labute approximate surface area is 128 Å². The van der Waals surface area contributed by atoms with Gasteiger partial charge in [-0.25, -0.2) is 4.98 Å². The number of nitrogens with one attached hydrogen (secondary N) is 1. The van der Waals surface area contributed by atoms with Crippen molar-refractivity contribution in [3.05, 3.63) is 43.4 Å². The lowest BCUT2D eigenvalue weighted by Gasteiger charge is -2.02. The molecule has 0 aliphatic heterocycles. The second-order valence-corrected chi connectivity index (χ2v) is 6.69. The largest absolute Gasteiger partial charge is 0.329 e. The van der Waals surface area contributed by atoms with Gasteiger partial charge in [-0.1, -0.05) is 23.2 Å². The summed E-state index contributed by atoms with van der Waals surface area (Å²) in [4.78, 5) is 8.68. The summed E-state index contributed by atoms with van der Waals surface area (Å²) in [5.74, 6) is 0. The lowest BCUT2D eigenvalue weighted by molar-refractivity contribution is 0.706. The van der Waals surface area contributed by atoms with Crippen molar-refractivity contribution in [2.24, 2.45) is 0 Å². The average molecular weight is 330 g/mol. The third kappa shape index (κ3) is 2.69. The molecule has 7 heteroatoms. The van der Waals surface area contributed by atoms with E-state index in [1.165, 1.54) is 4.88 Å². The maximum Gasteiger partial charge on any atom is 0.179 e. The summed E-state index contributed by atoms with van der Waals surface area (Å²) in [5, 5.41) is 0.598. The molecule has 0 saturated carbocycles. The molecule has 0 aliphatic rings. The van der Waals surface area contributed by atoms with Gasteiger partial charge in [-0.3, -0.25) is 0 Å². The second kappa shape index (κ2) is 5.25. The van der Waals surface area contributed by atoms with Crippen molar-refractivity contribution in [1.29, 1.82) is 0 Å². The molecule has 1 N–H and O–H groups in total. The van der Waals surface area contributed by atoms with Crippen LogP contribution < -0.4 is 0 Å². The fraction of sp³-hybridized carbons (Fsp3) is 0.167. The maximum absolute atomic E-state index is 5.92. The van der Waals surface area contributed by atoms with Crippen molar-refractivity contribution in [2.45, 2.75) is 13.0 Å². The summed E-state index contributed by atoms with van der Waals surface area (Å²) in [6.45, 7) is 0.768. The normalized spacial score (nSPS) is 11.3. The molecule has 0 aliphatic carbocycles. The van der Waals surface area contributed by atoms with Gasteiger partial charge in [-0.15, -0.1) is 11.3 Å². The molecular weight excluding hydrogens is 321 g/mol. The first-order chi connectivity index (χ1) is 9.13. The standard InChI is InChI=1S/C12H9Cl2N3S2/c13-7-5-9-11(15-6-7)17(12(18)16-9)4-3-8-1-2-10(14)19-8/h1-2,5-6H,3-4H2,(H,16,18). The van der Waals surface area contributed by atoms with E-state index in [2.05, 4.69) is 9.97 Å². The summed E-state index contributed by atoms with van der Waals surface area (Å²) < 4.78 is 3.45. The number of nitrogens with zero attached hydrogens (tertiary/aromatic N) is 2. The number of hydrogen-bond acceptors (Lipinski definition) is 3. The second-order valence-electron chi connectivity index (χ2n) is 4.06. The molecule has 0 aromatic carbocycles. The molecule has 0 spiro atoms. The first-order valence-corrected chi connectivity index (χ1v) is 7.60. The molecule has 3 nitrogen and oxygen atoms in total. The van der Waals surface area contributed by atoms with Crippen molar-refractivity contribution < 1.29 is 0 Å². The van der Waals surface area contributed by atoms with E-state index in [1.54, 1.807) is 17.5 Å². The van der Waals surface area contributed by atoms with Crippen LogP contribution >= 0.6 is 46.8 Å². The number of fused-ring (bicyclic) bond motifs is 1. The maximum atomic E-state index is 5.92. The van der Waals surface area contributed by atoms with Gasteiger partial charge in [0.2, 0.25) is 0 Å². The Hall–Kier alpha value is -0.880. The van der Waals surface area contributed by atoms with E-state index in [0.29, 0.717) is 9.79 Å². The Morgan fingerprint density at radius 2 is 2.21 bits per heavy atom. The molecule has 0 fully saturated rings. The van der Waals surface area contributed by atoms with Crippen molar-refractivity contribution in [3.8, 4) is 0 Å². The molecule has 98 valence electrons. The Morgan fingerprint density at radius 1 is 1.37 bits per heavy atom. The molecule has 0 bridgehead atoms. The van der Waals surface area contributed by atoms with Gasteiger partial charge in [-0.2, -0.15) is 0 Å². The van der Waals surface area contributed by atoms with E-state index in [1.807, 2.05) is 22.8 Å². The third-order valence-corrected chi connectivity index (χ3v) is 4.61. The van der Waals surface area contributed by atoms with E-state index < -0.39 is 0 Å². The van der Waals surface area contributed by atoms with Crippen LogP contribution in [0.1, 0.15) is 4.88 Å². The molecule has 0 radical (unpaired) electrons. The highest BCUT2D eigenvalue weighted by molar-refractivity contribution is 7.71. The predicted octanol–water partition coefficient (Wildman–Crippen LogP) is 4.70. The molecule has 0 atom stereocenters. The fourth-order valence-electron chi connectivity index (χ4n) is 1.93. The Bertz CT molecular complexity index is 788. The molecule has 19 heavy (non-hydrogen) atoms. The number of imidazole rings is 1. The Balaban J connectivity index is 1.92. The quantitative estimate of drug-likeness (QED) is 0.706. The minimum Gasteiger partial charge on any atom is -0.329 e. The van der Waals surface area contributed by atoms with Crippen LogP contribution in [-0.2, 0) is 13.0 Å². The molecule has 3 aromatic rings. The zero-order chi connectivity index (χ0) is 13.4. The van der Waals surface area contributed by atoms with Gasteiger partial charge in [-0.05, 0) is 36.8 Å². The van der Waals surface area contributed by atoms with Crippen molar-refractivity contribution in [2.75, 3.05) is 0 Å². The summed E-state index contributed by atoms with van der Waals surface area (Å²) >= 11 is 18.7. The first kappa shape index (κ1) is 13.1. The molecule has 3 aromatic heterocycles. The number of halogens is 2. The number of aromatic amines is 1. The number of pyridine rings is 1. The van der Waals surface area contributed by atoms with Gasteiger partial charge >= 0.3 is 0 Å². The molecule has 0 saturated heterocycles. The lowest BCUT2D eigenvalue weighted by Crippen LogP contribution is -2.01. The highest BCUT2D eigenvalue weighted by Crippen LogP contribution is 2.23. The van der Waals surface area contributed by atoms with Crippen LogP contribution in [0.2, 0.25) is 9.36 Å². The monoisotopic (exact) mass is 329 g/mol. The van der Waals surface area contributed by atoms with Gasteiger partial charge in [0, 0.05) is 17.6 Å². The minimum atomic E-state index is 0.598. The smallest absolute Gasteiger partial charge is 0.179 e. The molecule has 3 heterocycles. The van der Waals surface area contributed by atoms with E-state index >= 15 is 0 Å². The third-order valence-electron chi connectivity index (χ3n) is 2.79. The first-order valence-electron chi connectivity index (χ1n) is 5.62. The number of hydrogen-bond donors (Lipinski definition) is 1. The summed E-state index contributed by atoms with van der Waals surface area (Å²) in [7, 11) is 0. The number of aromatic nitrogens is 3. The van der Waals surface area contributed by atoms with Gasteiger partial charge in [0.15, 0.2) is 10.4 Å². The number of thiophene rings is 1. The Kier molecular flexibility index (Phi) is 3.62. The molecular formula is C12H9Cl2N3S2. The number of H-pyrrole nitrogens is 1. The minimum absolute atomic E-state index is 0.598. The van der Waals surface area contributed by atoms with Crippen molar-refractivity contribution in [1.82, 2.24) is 14.5 Å². The van der Waals surface area contributed by atoms with Crippen LogP contribution in [-0.4, -0.2) is 14.5 Å². The van der Waals surface area contributed by atoms with Crippen LogP contribution in [0.25, 0.3) is 11.2 Å². The predicted molar refractivity (Wildman–Crippen MR) is 83.0 cm³/mol. The molecule has 0 amide bonds. The number of rotatable bonds is 3. The lowest BCUT2D eigenvalue weighted by atomic mass is 10.3. The van der Waals surface area contributed by atoms with Crippen molar-refractivity contribution in [3.63, 3.8) is 0 Å². The average Bonchev–Trinajstić information content (AvgIpc) is 2.89. The SMILES string of the molecule is S=c1[nH]c2cc(Cl)cnc2n1CCc1ccc(Cl)s1. The molecule has 3 rings (SSSR count). The van der Waals surface area contributed by atoms with Crippen LogP contribution in [0, 0.1) is 4.77 Å². The summed E-state index contributed by atoms with van der Waals surface area (Å²) in [6, 6.07) is 5.78. The van der Waals surface area contributed by atoms with Crippen LogP contribution in [0.15, 0.2) is 24.4 Å². The highest BCUT2D eigenvalue weighted by Gasteiger charge is 2.07. The zero-order valence-electron chi connectivity index (χ0n) is 9.69. The van der Waals surface area contributed by atoms with E-state index in [9.17, 15) is 0 Å². The summed E-state index contributed by atoms with van der Waals surface area (Å²) in [5.41, 5.74) is 1.69. The van der Waals surface area contributed by atoms with E-state index in [4.69, 9.17) is 35.4 Å². The van der Waals surface area contributed by atoms with Gasteiger partial charge < -0.3 is 9.55 Å². The van der Waals surface area contributed by atoms with E-state index in [0.717, 1.165) is 28.5 Å². The van der Waals surface area contributed by atoms with Gasteiger partial charge in [0.05, 0.1) is 14.9 Å². The molecule has 0 unspecified atom stereocenters. The Morgan fingerprint density at radius 3 is 2.95 bits per heavy atom. The zero-order valence-corrected chi connectivity index (χ0v) is 12.8. The van der Waals surface area contributed by atoms with Gasteiger partial charge in [0.25, 0.3) is 0 Å². The van der Waals surface area contributed by atoms with E-state index in [-0.39, 0.29) is 0 Å². The number of aryl methyl sites for hydroxylation is 2. The van der Waals surface area contributed by atoms with Crippen LogP contribution in [0.3, 0.4) is 0 Å². The fourth-order valence-corrected chi connectivity index (χ4v) is 3.46. The summed E-state index contributed by atoms with van der Waals surface area (Å²) in [6.07, 6.45) is 2.51. The topological polar surface area (TPSA) is 33.6 Å². The highest BCUT2D eigenvalue weighted by atomic mass is 35.5. The van der Waals surface area contributed by atoms with Crippen LogP contribution in [0.5, 0.6) is 0 Å². The van der Waals surface area contributed by atoms with Gasteiger partial charge in [0.1, 0.15) is 0 Å².